The molecule has 0 aliphatic heterocycles. The van der Waals surface area contributed by atoms with Gasteiger partial charge in [-0.25, -0.2) is 0 Å². The van der Waals surface area contributed by atoms with Gasteiger partial charge in [0, 0.05) is 25.4 Å². The molecule has 3 aromatic rings. The van der Waals surface area contributed by atoms with Gasteiger partial charge in [0.05, 0.1) is 0 Å². The van der Waals surface area contributed by atoms with E-state index in [1.807, 2.05) is 81.4 Å². The molecular formula is C30H36N2O2. The summed E-state index contributed by atoms with van der Waals surface area (Å²) < 4.78 is 0. The van der Waals surface area contributed by atoms with E-state index in [0.29, 0.717) is 25.9 Å². The summed E-state index contributed by atoms with van der Waals surface area (Å²) in [6, 6.07) is 27.9. The molecule has 3 rings (SSSR count). The van der Waals surface area contributed by atoms with Crippen molar-refractivity contribution in [3.05, 3.63) is 107 Å². The maximum absolute atomic E-state index is 13.9. The SMILES string of the molecule is CCCNC(=O)[C@@H](CC)N(Cc1ccccc1C)C(=O)CC(c1ccccc1)c1ccccc1. The van der Waals surface area contributed by atoms with E-state index in [9.17, 15) is 9.59 Å². The Morgan fingerprint density at radius 2 is 1.38 bits per heavy atom. The number of rotatable bonds is 11. The number of amides is 2. The average molecular weight is 457 g/mol. The van der Waals surface area contributed by atoms with Crippen molar-refractivity contribution in [1.82, 2.24) is 10.2 Å². The second kappa shape index (κ2) is 12.7. The third kappa shape index (κ3) is 6.57. The van der Waals surface area contributed by atoms with Gasteiger partial charge >= 0.3 is 0 Å². The molecule has 0 heterocycles. The van der Waals surface area contributed by atoms with Crippen LogP contribution < -0.4 is 5.32 Å². The van der Waals surface area contributed by atoms with Crippen LogP contribution >= 0.6 is 0 Å². The number of nitrogens with zero attached hydrogens (tertiary/aromatic N) is 1. The van der Waals surface area contributed by atoms with Gasteiger partial charge < -0.3 is 10.2 Å². The predicted octanol–water partition coefficient (Wildman–Crippen LogP) is 5.85. The molecule has 4 nitrogen and oxygen atoms in total. The van der Waals surface area contributed by atoms with Gasteiger partial charge in [0.1, 0.15) is 6.04 Å². The van der Waals surface area contributed by atoms with Crippen LogP contribution in [0.4, 0.5) is 0 Å². The fourth-order valence-corrected chi connectivity index (χ4v) is 4.35. The molecule has 4 heteroatoms. The summed E-state index contributed by atoms with van der Waals surface area (Å²) in [5.74, 6) is -0.174. The van der Waals surface area contributed by atoms with Crippen molar-refractivity contribution >= 4 is 11.8 Å². The fourth-order valence-electron chi connectivity index (χ4n) is 4.35. The number of carbonyl (C=O) groups is 2. The standard InChI is InChI=1S/C30H36N2O2/c1-4-20-31-30(34)28(5-2)32(22-26-19-13-12-14-23(26)3)29(33)21-27(24-15-8-6-9-16-24)25-17-10-7-11-18-25/h6-19,27-28H,4-5,20-22H2,1-3H3,(H,31,34)/t28-/m1/s1. The van der Waals surface area contributed by atoms with Gasteiger partial charge in [-0.3, -0.25) is 9.59 Å². The molecule has 0 saturated carbocycles. The lowest BCUT2D eigenvalue weighted by atomic mass is 9.88. The molecule has 0 radical (unpaired) electrons. The molecule has 0 aliphatic carbocycles. The van der Waals surface area contributed by atoms with Crippen LogP contribution in [0.15, 0.2) is 84.9 Å². The molecule has 0 fully saturated rings. The molecule has 2 amide bonds. The molecule has 0 unspecified atom stereocenters. The highest BCUT2D eigenvalue weighted by atomic mass is 16.2. The van der Waals surface area contributed by atoms with E-state index in [1.54, 1.807) is 4.90 Å². The van der Waals surface area contributed by atoms with E-state index in [4.69, 9.17) is 0 Å². The second-order valence-electron chi connectivity index (χ2n) is 8.74. The first kappa shape index (κ1) is 25.2. The Bertz CT molecular complexity index is 1010. The number of benzene rings is 3. The predicted molar refractivity (Wildman–Crippen MR) is 138 cm³/mol. The van der Waals surface area contributed by atoms with Crippen LogP contribution in [-0.2, 0) is 16.1 Å². The van der Waals surface area contributed by atoms with E-state index in [-0.39, 0.29) is 17.7 Å². The topological polar surface area (TPSA) is 49.4 Å². The van der Waals surface area contributed by atoms with Crippen molar-refractivity contribution < 1.29 is 9.59 Å². The normalized spacial score (nSPS) is 11.8. The van der Waals surface area contributed by atoms with Crippen molar-refractivity contribution in [1.29, 1.82) is 0 Å². The number of hydrogen-bond acceptors (Lipinski definition) is 2. The second-order valence-corrected chi connectivity index (χ2v) is 8.74. The lowest BCUT2D eigenvalue weighted by Gasteiger charge is -2.32. The number of carbonyl (C=O) groups excluding carboxylic acids is 2. The Kier molecular flexibility index (Phi) is 9.45. The Hall–Kier alpha value is -3.40. The first-order valence-electron chi connectivity index (χ1n) is 12.3. The maximum atomic E-state index is 13.9. The van der Waals surface area contributed by atoms with Crippen molar-refractivity contribution in [3.63, 3.8) is 0 Å². The minimum Gasteiger partial charge on any atom is -0.354 e. The summed E-state index contributed by atoms with van der Waals surface area (Å²) in [5, 5.41) is 3.00. The van der Waals surface area contributed by atoms with Crippen LogP contribution in [0, 0.1) is 6.92 Å². The van der Waals surface area contributed by atoms with Crippen molar-refractivity contribution in [2.45, 2.75) is 58.5 Å². The van der Waals surface area contributed by atoms with Crippen molar-refractivity contribution in [3.8, 4) is 0 Å². The summed E-state index contributed by atoms with van der Waals surface area (Å²) in [4.78, 5) is 28.8. The molecular weight excluding hydrogens is 420 g/mol. The molecule has 0 saturated heterocycles. The zero-order chi connectivity index (χ0) is 24.3. The van der Waals surface area contributed by atoms with Crippen LogP contribution in [0.2, 0.25) is 0 Å². The van der Waals surface area contributed by atoms with E-state index in [1.165, 1.54) is 0 Å². The lowest BCUT2D eigenvalue weighted by molar-refractivity contribution is -0.141. The smallest absolute Gasteiger partial charge is 0.242 e. The van der Waals surface area contributed by atoms with Gasteiger partial charge in [-0.2, -0.15) is 0 Å². The van der Waals surface area contributed by atoms with E-state index < -0.39 is 6.04 Å². The summed E-state index contributed by atoms with van der Waals surface area (Å²) >= 11 is 0. The van der Waals surface area contributed by atoms with Crippen LogP contribution in [0.3, 0.4) is 0 Å². The monoisotopic (exact) mass is 456 g/mol. The molecule has 0 aliphatic rings. The Labute approximate surface area is 204 Å². The zero-order valence-corrected chi connectivity index (χ0v) is 20.5. The van der Waals surface area contributed by atoms with E-state index >= 15 is 0 Å². The van der Waals surface area contributed by atoms with Gasteiger partial charge in [-0.05, 0) is 42.0 Å². The van der Waals surface area contributed by atoms with Gasteiger partial charge in [0.15, 0.2) is 0 Å². The Morgan fingerprint density at radius 3 is 1.91 bits per heavy atom. The number of aryl methyl sites for hydroxylation is 1. The van der Waals surface area contributed by atoms with Crippen LogP contribution in [0.5, 0.6) is 0 Å². The van der Waals surface area contributed by atoms with Crippen molar-refractivity contribution in [2.75, 3.05) is 6.54 Å². The molecule has 0 spiro atoms. The van der Waals surface area contributed by atoms with E-state index in [0.717, 1.165) is 28.7 Å². The minimum atomic E-state index is -0.508. The van der Waals surface area contributed by atoms with Gasteiger partial charge in [0.2, 0.25) is 11.8 Å². The van der Waals surface area contributed by atoms with Gasteiger partial charge in [-0.15, -0.1) is 0 Å². The van der Waals surface area contributed by atoms with Gasteiger partial charge in [-0.1, -0.05) is 98.8 Å². The van der Waals surface area contributed by atoms with E-state index in [2.05, 4.69) is 29.6 Å². The Balaban J connectivity index is 1.95. The molecule has 178 valence electrons. The first-order valence-corrected chi connectivity index (χ1v) is 12.3. The summed E-state index contributed by atoms with van der Waals surface area (Å²) in [5.41, 5.74) is 4.38. The largest absolute Gasteiger partial charge is 0.354 e. The highest BCUT2D eigenvalue weighted by Gasteiger charge is 2.31. The number of hydrogen-bond donors (Lipinski definition) is 1. The molecule has 3 aromatic carbocycles. The minimum absolute atomic E-state index is 0.0144. The highest BCUT2D eigenvalue weighted by Crippen LogP contribution is 2.29. The van der Waals surface area contributed by atoms with Crippen molar-refractivity contribution in [2.24, 2.45) is 0 Å². The highest BCUT2D eigenvalue weighted by molar-refractivity contribution is 5.88. The quantitative estimate of drug-likeness (QED) is 0.393. The molecule has 1 N–H and O–H groups in total. The number of nitrogens with one attached hydrogen (secondary N) is 1. The third-order valence-electron chi connectivity index (χ3n) is 6.32. The lowest BCUT2D eigenvalue weighted by Crippen LogP contribution is -2.49. The van der Waals surface area contributed by atoms with Crippen LogP contribution in [0.25, 0.3) is 0 Å². The maximum Gasteiger partial charge on any atom is 0.242 e. The third-order valence-corrected chi connectivity index (χ3v) is 6.32. The Morgan fingerprint density at radius 1 is 0.824 bits per heavy atom. The summed E-state index contributed by atoms with van der Waals surface area (Å²) in [6.45, 7) is 7.08. The van der Waals surface area contributed by atoms with Crippen LogP contribution in [0.1, 0.15) is 61.3 Å². The zero-order valence-electron chi connectivity index (χ0n) is 20.5. The van der Waals surface area contributed by atoms with Gasteiger partial charge in [0.25, 0.3) is 0 Å². The summed E-state index contributed by atoms with van der Waals surface area (Å²) in [6.07, 6.45) is 1.73. The molecule has 34 heavy (non-hydrogen) atoms. The molecule has 1 atom stereocenters. The molecule has 0 bridgehead atoms. The van der Waals surface area contributed by atoms with Crippen LogP contribution in [-0.4, -0.2) is 29.3 Å². The first-order chi connectivity index (χ1) is 16.5. The average Bonchev–Trinajstić information content (AvgIpc) is 2.87. The summed E-state index contributed by atoms with van der Waals surface area (Å²) in [7, 11) is 0. The fraction of sp³-hybridized carbons (Fsp3) is 0.333. The molecule has 0 aromatic heterocycles.